The number of hydrogen-bond acceptors (Lipinski definition) is 1. The molecule has 0 aromatic rings. The van der Waals surface area contributed by atoms with Crippen LogP contribution in [0.4, 0.5) is 0 Å². The van der Waals surface area contributed by atoms with Crippen molar-refractivity contribution in [2.75, 3.05) is 0 Å². The fraction of sp³-hybridized carbons (Fsp3) is 0.583. The van der Waals surface area contributed by atoms with Crippen LogP contribution in [-0.2, 0) is 4.79 Å². The highest BCUT2D eigenvalue weighted by atomic mass is 16.1. The van der Waals surface area contributed by atoms with Gasteiger partial charge in [-0.05, 0) is 32.3 Å². The molecular formula is C12H20O. The molecule has 0 atom stereocenters. The Bertz CT molecular complexity index is 205. The Morgan fingerprint density at radius 2 is 1.77 bits per heavy atom. The van der Waals surface area contributed by atoms with E-state index in [4.69, 9.17) is 0 Å². The number of ketones is 1. The normalized spacial score (nSPS) is 9.46. The summed E-state index contributed by atoms with van der Waals surface area (Å²) in [6.45, 7) is 9.90. The zero-order valence-electron chi connectivity index (χ0n) is 9.02. The molecule has 0 aliphatic carbocycles. The Morgan fingerprint density at radius 1 is 1.23 bits per heavy atom. The van der Waals surface area contributed by atoms with E-state index in [-0.39, 0.29) is 5.78 Å². The predicted molar refractivity (Wildman–Crippen MR) is 57.7 cm³/mol. The molecule has 0 aromatic heterocycles. The van der Waals surface area contributed by atoms with Gasteiger partial charge in [0, 0.05) is 6.42 Å². The molecular weight excluding hydrogens is 160 g/mol. The first-order valence-electron chi connectivity index (χ1n) is 4.96. The van der Waals surface area contributed by atoms with Gasteiger partial charge in [-0.25, -0.2) is 0 Å². The first-order valence-corrected chi connectivity index (χ1v) is 4.96. The number of carbonyl (C=O) groups is 1. The summed E-state index contributed by atoms with van der Waals surface area (Å²) in [5.74, 6) is 0.238. The highest BCUT2D eigenvalue weighted by molar-refractivity contribution is 5.90. The Morgan fingerprint density at radius 3 is 2.15 bits per heavy atom. The minimum absolute atomic E-state index is 0.238. The van der Waals surface area contributed by atoms with Gasteiger partial charge in [-0.2, -0.15) is 0 Å². The maximum atomic E-state index is 11.4. The summed E-state index contributed by atoms with van der Waals surface area (Å²) in [5, 5.41) is 0. The molecule has 0 aliphatic rings. The molecule has 74 valence electrons. The van der Waals surface area contributed by atoms with Crippen molar-refractivity contribution in [2.24, 2.45) is 0 Å². The Balaban J connectivity index is 3.97. The zero-order chi connectivity index (χ0) is 10.3. The van der Waals surface area contributed by atoms with Crippen molar-refractivity contribution in [3.8, 4) is 0 Å². The van der Waals surface area contributed by atoms with Crippen LogP contribution in [0.15, 0.2) is 23.8 Å². The molecule has 13 heavy (non-hydrogen) atoms. The number of hydrogen-bond donors (Lipinski definition) is 0. The molecule has 0 aromatic carbocycles. The minimum Gasteiger partial charge on any atom is -0.295 e. The molecule has 0 amide bonds. The first kappa shape index (κ1) is 12.2. The van der Waals surface area contributed by atoms with E-state index in [2.05, 4.69) is 20.4 Å². The molecule has 0 fully saturated rings. The van der Waals surface area contributed by atoms with Crippen LogP contribution < -0.4 is 0 Å². The molecule has 1 heteroatoms. The van der Waals surface area contributed by atoms with Gasteiger partial charge >= 0.3 is 0 Å². The molecule has 0 aliphatic heterocycles. The van der Waals surface area contributed by atoms with Gasteiger partial charge in [0.2, 0.25) is 0 Å². The second kappa shape index (κ2) is 6.64. The fourth-order valence-electron chi connectivity index (χ4n) is 1.09. The van der Waals surface area contributed by atoms with E-state index in [1.54, 1.807) is 6.08 Å². The van der Waals surface area contributed by atoms with Crippen LogP contribution in [0, 0.1) is 0 Å². The highest BCUT2D eigenvalue weighted by Crippen LogP contribution is 2.08. The van der Waals surface area contributed by atoms with Gasteiger partial charge in [-0.3, -0.25) is 4.79 Å². The van der Waals surface area contributed by atoms with Gasteiger partial charge in [0.15, 0.2) is 5.78 Å². The SMILES string of the molecule is C=C(C)CCC(=O)C=C(CC)CC. The van der Waals surface area contributed by atoms with E-state index < -0.39 is 0 Å². The van der Waals surface area contributed by atoms with Crippen molar-refractivity contribution in [1.29, 1.82) is 0 Å². The van der Waals surface area contributed by atoms with Crippen LogP contribution in [0.2, 0.25) is 0 Å². The van der Waals surface area contributed by atoms with Crippen molar-refractivity contribution in [3.63, 3.8) is 0 Å². The van der Waals surface area contributed by atoms with E-state index >= 15 is 0 Å². The summed E-state index contributed by atoms with van der Waals surface area (Å²) in [7, 11) is 0. The van der Waals surface area contributed by atoms with Crippen LogP contribution in [0.3, 0.4) is 0 Å². The lowest BCUT2D eigenvalue weighted by atomic mass is 10.1. The third kappa shape index (κ3) is 6.32. The molecule has 1 nitrogen and oxygen atoms in total. The van der Waals surface area contributed by atoms with E-state index in [0.717, 1.165) is 24.8 Å². The summed E-state index contributed by atoms with van der Waals surface area (Å²) in [6.07, 6.45) is 5.18. The van der Waals surface area contributed by atoms with Crippen LogP contribution in [0.1, 0.15) is 46.5 Å². The second-order valence-corrected chi connectivity index (χ2v) is 3.43. The second-order valence-electron chi connectivity index (χ2n) is 3.43. The average Bonchev–Trinajstić information content (AvgIpc) is 2.10. The van der Waals surface area contributed by atoms with Crippen molar-refractivity contribution in [2.45, 2.75) is 46.5 Å². The lowest BCUT2D eigenvalue weighted by Crippen LogP contribution is -1.95. The maximum Gasteiger partial charge on any atom is 0.155 e. The van der Waals surface area contributed by atoms with Gasteiger partial charge in [-0.15, -0.1) is 6.58 Å². The summed E-state index contributed by atoms with van der Waals surface area (Å²) in [5.41, 5.74) is 2.32. The molecule has 0 rings (SSSR count). The van der Waals surface area contributed by atoms with Crippen LogP contribution in [-0.4, -0.2) is 5.78 Å². The van der Waals surface area contributed by atoms with Gasteiger partial charge in [0.25, 0.3) is 0 Å². The van der Waals surface area contributed by atoms with Crippen molar-refractivity contribution < 1.29 is 4.79 Å². The quantitative estimate of drug-likeness (QED) is 0.450. The Labute approximate surface area is 81.5 Å². The van der Waals surface area contributed by atoms with Crippen LogP contribution in [0.5, 0.6) is 0 Å². The van der Waals surface area contributed by atoms with Crippen LogP contribution >= 0.6 is 0 Å². The summed E-state index contributed by atoms with van der Waals surface area (Å²) >= 11 is 0. The largest absolute Gasteiger partial charge is 0.295 e. The topological polar surface area (TPSA) is 17.1 Å². The molecule has 0 bridgehead atoms. The third-order valence-corrected chi connectivity index (χ3v) is 2.07. The van der Waals surface area contributed by atoms with Crippen LogP contribution in [0.25, 0.3) is 0 Å². The molecule has 0 spiro atoms. The lowest BCUT2D eigenvalue weighted by molar-refractivity contribution is -0.114. The number of allylic oxidation sites excluding steroid dienone is 3. The molecule has 0 saturated heterocycles. The summed E-state index contributed by atoms with van der Waals surface area (Å²) in [6, 6.07) is 0. The predicted octanol–water partition coefficient (Wildman–Crippen LogP) is 3.66. The van der Waals surface area contributed by atoms with Gasteiger partial charge in [0.1, 0.15) is 0 Å². The Kier molecular flexibility index (Phi) is 6.21. The van der Waals surface area contributed by atoms with E-state index in [9.17, 15) is 4.79 Å². The minimum atomic E-state index is 0.238. The van der Waals surface area contributed by atoms with Gasteiger partial charge in [0.05, 0.1) is 0 Å². The van der Waals surface area contributed by atoms with Crippen molar-refractivity contribution in [3.05, 3.63) is 23.8 Å². The summed E-state index contributed by atoms with van der Waals surface area (Å²) in [4.78, 5) is 11.4. The fourth-order valence-corrected chi connectivity index (χ4v) is 1.09. The summed E-state index contributed by atoms with van der Waals surface area (Å²) < 4.78 is 0. The molecule has 0 N–H and O–H groups in total. The zero-order valence-corrected chi connectivity index (χ0v) is 9.02. The highest BCUT2D eigenvalue weighted by Gasteiger charge is 1.99. The van der Waals surface area contributed by atoms with Gasteiger partial charge < -0.3 is 0 Å². The number of rotatable bonds is 6. The first-order chi connectivity index (χ1) is 6.10. The Hall–Kier alpha value is -0.850. The van der Waals surface area contributed by atoms with E-state index in [1.165, 1.54) is 5.57 Å². The van der Waals surface area contributed by atoms with E-state index in [0.29, 0.717) is 6.42 Å². The monoisotopic (exact) mass is 180 g/mol. The molecule has 0 unspecified atom stereocenters. The third-order valence-electron chi connectivity index (χ3n) is 2.07. The lowest BCUT2D eigenvalue weighted by Gasteiger charge is -2.00. The van der Waals surface area contributed by atoms with Crippen molar-refractivity contribution in [1.82, 2.24) is 0 Å². The maximum absolute atomic E-state index is 11.4. The smallest absolute Gasteiger partial charge is 0.155 e. The standard InChI is InChI=1S/C12H20O/c1-5-11(6-2)9-12(13)8-7-10(3)4/h9H,3,5-8H2,1-2,4H3. The van der Waals surface area contributed by atoms with Crippen molar-refractivity contribution >= 4 is 5.78 Å². The molecule has 0 radical (unpaired) electrons. The molecule has 0 heterocycles. The number of carbonyl (C=O) groups excluding carboxylic acids is 1. The average molecular weight is 180 g/mol. The van der Waals surface area contributed by atoms with E-state index in [1.807, 2.05) is 6.92 Å². The molecule has 0 saturated carbocycles. The van der Waals surface area contributed by atoms with Gasteiger partial charge in [-0.1, -0.05) is 25.0 Å².